The number of halogens is 2. The first-order chi connectivity index (χ1) is 10.5. The maximum Gasteiger partial charge on any atom is 0.261 e. The molecule has 1 amide bonds. The normalized spacial score (nSPS) is 13.3. The number of carbonyl (C=O) groups is 1. The molecule has 2 aromatic carbocycles. The van der Waals surface area contributed by atoms with Crippen LogP contribution in [-0.2, 0) is 4.79 Å². The first-order valence-electron chi connectivity index (χ1n) is 6.94. The highest BCUT2D eigenvalue weighted by atomic mass is 35.5. The number of amides is 1. The summed E-state index contributed by atoms with van der Waals surface area (Å²) in [5, 5.41) is 3.38. The lowest BCUT2D eigenvalue weighted by Gasteiger charge is -2.19. The lowest BCUT2D eigenvalue weighted by Crippen LogP contribution is -2.37. The Morgan fingerprint density at radius 3 is 2.50 bits per heavy atom. The van der Waals surface area contributed by atoms with Crippen LogP contribution < -0.4 is 10.1 Å². The highest BCUT2D eigenvalue weighted by molar-refractivity contribution is 6.30. The Labute approximate surface area is 134 Å². The van der Waals surface area contributed by atoms with Crippen molar-refractivity contribution in [1.29, 1.82) is 0 Å². The summed E-state index contributed by atoms with van der Waals surface area (Å²) in [5.74, 6) is -0.0266. The quantitative estimate of drug-likeness (QED) is 0.899. The summed E-state index contributed by atoms with van der Waals surface area (Å²) < 4.78 is 18.5. The van der Waals surface area contributed by atoms with Crippen LogP contribution in [0.3, 0.4) is 0 Å². The van der Waals surface area contributed by atoms with Crippen LogP contribution in [0.25, 0.3) is 0 Å². The van der Waals surface area contributed by atoms with Gasteiger partial charge in [0.15, 0.2) is 6.10 Å². The molecule has 0 radical (unpaired) electrons. The zero-order chi connectivity index (χ0) is 16.1. The predicted molar refractivity (Wildman–Crippen MR) is 84.5 cm³/mol. The number of ether oxygens (including phenoxy) is 1. The Hall–Kier alpha value is -2.07. The van der Waals surface area contributed by atoms with Crippen molar-refractivity contribution in [3.05, 3.63) is 64.9 Å². The first-order valence-corrected chi connectivity index (χ1v) is 7.31. The molecule has 0 bridgehead atoms. The molecule has 1 N–H and O–H groups in total. The van der Waals surface area contributed by atoms with Crippen molar-refractivity contribution < 1.29 is 13.9 Å². The fraction of sp³-hybridized carbons (Fsp3) is 0.235. The van der Waals surface area contributed by atoms with Gasteiger partial charge in [-0.25, -0.2) is 4.39 Å². The second-order valence-electron chi connectivity index (χ2n) is 5.00. The third-order valence-electron chi connectivity index (χ3n) is 3.21. The summed E-state index contributed by atoms with van der Waals surface area (Å²) in [6.07, 6.45) is -0.665. The summed E-state index contributed by atoms with van der Waals surface area (Å²) in [6, 6.07) is 12.6. The lowest BCUT2D eigenvalue weighted by atomic mass is 10.1. The topological polar surface area (TPSA) is 38.3 Å². The molecule has 0 aliphatic heterocycles. The van der Waals surface area contributed by atoms with E-state index in [1.807, 2.05) is 6.92 Å². The average Bonchev–Trinajstić information content (AvgIpc) is 2.47. The minimum absolute atomic E-state index is 0.237. The van der Waals surface area contributed by atoms with Gasteiger partial charge in [0.05, 0.1) is 6.04 Å². The van der Waals surface area contributed by atoms with Gasteiger partial charge in [0.25, 0.3) is 5.91 Å². The van der Waals surface area contributed by atoms with Gasteiger partial charge in [-0.15, -0.1) is 0 Å². The largest absolute Gasteiger partial charge is 0.481 e. The van der Waals surface area contributed by atoms with Crippen LogP contribution in [0.4, 0.5) is 4.39 Å². The van der Waals surface area contributed by atoms with Crippen molar-refractivity contribution in [3.63, 3.8) is 0 Å². The van der Waals surface area contributed by atoms with E-state index < -0.39 is 6.10 Å². The predicted octanol–water partition coefficient (Wildman–Crippen LogP) is 4.12. The molecular weight excluding hydrogens is 305 g/mol. The number of carbonyl (C=O) groups excluding carboxylic acids is 1. The number of benzene rings is 2. The van der Waals surface area contributed by atoms with Gasteiger partial charge in [-0.1, -0.05) is 29.8 Å². The van der Waals surface area contributed by atoms with E-state index in [2.05, 4.69) is 5.32 Å². The molecule has 2 aromatic rings. The van der Waals surface area contributed by atoms with Crippen LogP contribution in [-0.4, -0.2) is 12.0 Å². The molecule has 0 heterocycles. The second-order valence-corrected chi connectivity index (χ2v) is 5.44. The van der Waals surface area contributed by atoms with E-state index in [0.29, 0.717) is 10.8 Å². The van der Waals surface area contributed by atoms with Gasteiger partial charge in [0.2, 0.25) is 0 Å². The Kier molecular flexibility index (Phi) is 5.39. The van der Waals surface area contributed by atoms with Crippen LogP contribution in [0.5, 0.6) is 5.75 Å². The number of hydrogen-bond acceptors (Lipinski definition) is 2. The van der Waals surface area contributed by atoms with E-state index in [1.165, 1.54) is 12.1 Å². The van der Waals surface area contributed by atoms with E-state index in [-0.39, 0.29) is 17.8 Å². The maximum atomic E-state index is 12.9. The smallest absolute Gasteiger partial charge is 0.261 e. The monoisotopic (exact) mass is 321 g/mol. The molecule has 22 heavy (non-hydrogen) atoms. The van der Waals surface area contributed by atoms with Gasteiger partial charge < -0.3 is 10.1 Å². The second kappa shape index (κ2) is 7.27. The molecule has 2 atom stereocenters. The van der Waals surface area contributed by atoms with Gasteiger partial charge in [0.1, 0.15) is 11.6 Å². The molecule has 0 fully saturated rings. The highest BCUT2D eigenvalue weighted by Gasteiger charge is 2.17. The van der Waals surface area contributed by atoms with Gasteiger partial charge in [0, 0.05) is 5.02 Å². The van der Waals surface area contributed by atoms with Crippen molar-refractivity contribution in [2.45, 2.75) is 26.0 Å². The zero-order valence-electron chi connectivity index (χ0n) is 12.3. The number of rotatable bonds is 5. The molecule has 0 saturated heterocycles. The zero-order valence-corrected chi connectivity index (χ0v) is 13.1. The van der Waals surface area contributed by atoms with Crippen LogP contribution in [0.15, 0.2) is 48.5 Å². The standard InChI is InChI=1S/C17H17ClFNO2/c1-11(13-6-8-15(19)9-7-13)20-17(21)12(2)22-16-5-3-4-14(18)10-16/h3-12H,1-2H3,(H,20,21)/t11-,12+/m1/s1. The Bertz CT molecular complexity index is 645. The lowest BCUT2D eigenvalue weighted by molar-refractivity contribution is -0.127. The fourth-order valence-corrected chi connectivity index (χ4v) is 2.14. The molecule has 3 nitrogen and oxygen atoms in total. The third-order valence-corrected chi connectivity index (χ3v) is 3.44. The van der Waals surface area contributed by atoms with Crippen molar-refractivity contribution in [3.8, 4) is 5.75 Å². The third kappa shape index (κ3) is 4.46. The molecule has 0 aliphatic carbocycles. The van der Waals surface area contributed by atoms with E-state index in [4.69, 9.17) is 16.3 Å². The van der Waals surface area contributed by atoms with Crippen LogP contribution >= 0.6 is 11.6 Å². The summed E-state index contributed by atoms with van der Waals surface area (Å²) in [5.41, 5.74) is 0.824. The van der Waals surface area contributed by atoms with Crippen molar-refractivity contribution >= 4 is 17.5 Å². The summed E-state index contributed by atoms with van der Waals surface area (Å²) in [7, 11) is 0. The first kappa shape index (κ1) is 16.3. The molecule has 2 rings (SSSR count). The minimum atomic E-state index is -0.665. The Morgan fingerprint density at radius 2 is 1.86 bits per heavy atom. The van der Waals surface area contributed by atoms with Gasteiger partial charge >= 0.3 is 0 Å². The van der Waals surface area contributed by atoms with Crippen LogP contribution in [0.1, 0.15) is 25.5 Å². The van der Waals surface area contributed by atoms with Crippen molar-refractivity contribution in [1.82, 2.24) is 5.32 Å². The molecule has 5 heteroatoms. The highest BCUT2D eigenvalue weighted by Crippen LogP contribution is 2.19. The number of nitrogens with one attached hydrogen (secondary N) is 1. The van der Waals surface area contributed by atoms with E-state index >= 15 is 0 Å². The average molecular weight is 322 g/mol. The van der Waals surface area contributed by atoms with Crippen LogP contribution in [0.2, 0.25) is 5.02 Å². The molecule has 0 spiro atoms. The molecule has 0 unspecified atom stereocenters. The minimum Gasteiger partial charge on any atom is -0.481 e. The van der Waals surface area contributed by atoms with Crippen LogP contribution in [0, 0.1) is 5.82 Å². The van der Waals surface area contributed by atoms with E-state index in [9.17, 15) is 9.18 Å². The molecule has 0 saturated carbocycles. The van der Waals surface area contributed by atoms with E-state index in [0.717, 1.165) is 5.56 Å². The van der Waals surface area contributed by atoms with Crippen molar-refractivity contribution in [2.75, 3.05) is 0 Å². The van der Waals surface area contributed by atoms with Gasteiger partial charge in [-0.2, -0.15) is 0 Å². The summed E-state index contributed by atoms with van der Waals surface area (Å²) >= 11 is 5.87. The van der Waals surface area contributed by atoms with Gasteiger partial charge in [-0.3, -0.25) is 4.79 Å². The maximum absolute atomic E-state index is 12.9. The summed E-state index contributed by atoms with van der Waals surface area (Å²) in [6.45, 7) is 3.49. The summed E-state index contributed by atoms with van der Waals surface area (Å²) in [4.78, 5) is 12.1. The van der Waals surface area contributed by atoms with E-state index in [1.54, 1.807) is 43.3 Å². The Balaban J connectivity index is 1.94. The van der Waals surface area contributed by atoms with Crippen molar-refractivity contribution in [2.24, 2.45) is 0 Å². The molecule has 116 valence electrons. The van der Waals surface area contributed by atoms with Gasteiger partial charge in [-0.05, 0) is 49.7 Å². The fourth-order valence-electron chi connectivity index (χ4n) is 1.96. The molecule has 0 aromatic heterocycles. The number of hydrogen-bond donors (Lipinski definition) is 1. The SMILES string of the molecule is C[C@H](Oc1cccc(Cl)c1)C(=O)N[C@H](C)c1ccc(F)cc1. The Morgan fingerprint density at radius 1 is 1.18 bits per heavy atom. The molecule has 0 aliphatic rings. The molecular formula is C17H17ClFNO2.